The summed E-state index contributed by atoms with van der Waals surface area (Å²) >= 11 is 1.89. The van der Waals surface area contributed by atoms with Crippen LogP contribution in [0, 0.1) is 0 Å². The molecule has 0 saturated carbocycles. The Balaban J connectivity index is 1.89. The van der Waals surface area contributed by atoms with Gasteiger partial charge in [0.05, 0.1) is 6.54 Å². The molecule has 0 amide bonds. The van der Waals surface area contributed by atoms with Gasteiger partial charge in [-0.1, -0.05) is 0 Å². The van der Waals surface area contributed by atoms with E-state index in [0.29, 0.717) is 0 Å². The zero-order chi connectivity index (χ0) is 12.3. The maximum atomic E-state index is 4.29. The Labute approximate surface area is 108 Å². The summed E-state index contributed by atoms with van der Waals surface area (Å²) in [6.07, 6.45) is 5.75. The maximum absolute atomic E-state index is 4.29. The monoisotopic (exact) mass is 254 g/mol. The molecule has 2 heterocycles. The lowest BCUT2D eigenvalue weighted by Crippen LogP contribution is -2.32. The molecule has 4 nitrogen and oxygen atoms in total. The minimum Gasteiger partial charge on any atom is -0.314 e. The number of rotatable bonds is 5. The van der Waals surface area contributed by atoms with Crippen LogP contribution in [0.3, 0.4) is 0 Å². The standard InChI is InChI=1S/C12H22N4S/c1-12(2,17-3)9-13-8-11-15-14-10-6-4-5-7-16(10)11/h13H,4-9H2,1-3H3. The average Bonchev–Trinajstić information content (AvgIpc) is 2.73. The largest absolute Gasteiger partial charge is 0.314 e. The number of nitrogens with zero attached hydrogens (tertiary/aromatic N) is 3. The van der Waals surface area contributed by atoms with Gasteiger partial charge in [-0.05, 0) is 32.9 Å². The second-order valence-corrected chi connectivity index (χ2v) is 6.72. The van der Waals surface area contributed by atoms with Crippen LogP contribution in [-0.4, -0.2) is 32.3 Å². The summed E-state index contributed by atoms with van der Waals surface area (Å²) in [5.41, 5.74) is 0. The molecule has 1 aromatic heterocycles. The molecule has 0 spiro atoms. The molecule has 1 aliphatic rings. The number of thioether (sulfide) groups is 1. The van der Waals surface area contributed by atoms with Gasteiger partial charge in [-0.3, -0.25) is 0 Å². The van der Waals surface area contributed by atoms with E-state index in [2.05, 4.69) is 40.2 Å². The van der Waals surface area contributed by atoms with Crippen LogP contribution in [-0.2, 0) is 19.5 Å². The molecule has 5 heteroatoms. The highest BCUT2D eigenvalue weighted by molar-refractivity contribution is 7.99. The molecule has 2 rings (SSSR count). The molecule has 0 unspecified atom stereocenters. The fraction of sp³-hybridized carbons (Fsp3) is 0.833. The molecule has 0 aromatic carbocycles. The first-order chi connectivity index (χ1) is 8.12. The lowest BCUT2D eigenvalue weighted by atomic mass is 10.1. The highest BCUT2D eigenvalue weighted by Gasteiger charge is 2.18. The molecule has 0 bridgehead atoms. The third kappa shape index (κ3) is 3.22. The number of aryl methyl sites for hydroxylation is 1. The summed E-state index contributed by atoms with van der Waals surface area (Å²) in [6.45, 7) is 7.42. The topological polar surface area (TPSA) is 42.7 Å². The van der Waals surface area contributed by atoms with E-state index in [4.69, 9.17) is 0 Å². The van der Waals surface area contributed by atoms with Crippen molar-refractivity contribution >= 4 is 11.8 Å². The van der Waals surface area contributed by atoms with Gasteiger partial charge in [0.25, 0.3) is 0 Å². The molecule has 0 atom stereocenters. The molecular weight excluding hydrogens is 232 g/mol. The normalized spacial score (nSPS) is 15.9. The second-order valence-electron chi connectivity index (χ2n) is 5.21. The minimum absolute atomic E-state index is 0.282. The van der Waals surface area contributed by atoms with Crippen LogP contribution in [0.1, 0.15) is 38.3 Å². The van der Waals surface area contributed by atoms with E-state index < -0.39 is 0 Å². The minimum atomic E-state index is 0.282. The van der Waals surface area contributed by atoms with E-state index in [1.165, 1.54) is 12.8 Å². The zero-order valence-electron chi connectivity index (χ0n) is 11.0. The van der Waals surface area contributed by atoms with Crippen molar-refractivity contribution in [1.29, 1.82) is 0 Å². The summed E-state index contributed by atoms with van der Waals surface area (Å²) in [5, 5.41) is 12.0. The fourth-order valence-electron chi connectivity index (χ4n) is 2.05. The molecular formula is C12H22N4S. The van der Waals surface area contributed by atoms with E-state index in [9.17, 15) is 0 Å². The van der Waals surface area contributed by atoms with Crippen molar-refractivity contribution in [2.75, 3.05) is 12.8 Å². The number of hydrogen-bond acceptors (Lipinski definition) is 4. The quantitative estimate of drug-likeness (QED) is 0.871. The van der Waals surface area contributed by atoms with Gasteiger partial charge in [0.1, 0.15) is 11.6 Å². The van der Waals surface area contributed by atoms with Crippen molar-refractivity contribution in [3.8, 4) is 0 Å². The van der Waals surface area contributed by atoms with Crippen molar-refractivity contribution in [3.63, 3.8) is 0 Å². The molecule has 1 aromatic rings. The van der Waals surface area contributed by atoms with Crippen LogP contribution < -0.4 is 5.32 Å². The van der Waals surface area contributed by atoms with Gasteiger partial charge in [-0.25, -0.2) is 0 Å². The summed E-state index contributed by atoms with van der Waals surface area (Å²) in [4.78, 5) is 0. The Kier molecular flexibility index (Phi) is 4.09. The number of nitrogens with one attached hydrogen (secondary N) is 1. The Morgan fingerprint density at radius 1 is 1.35 bits per heavy atom. The predicted molar refractivity (Wildman–Crippen MR) is 72.3 cm³/mol. The first-order valence-corrected chi connectivity index (χ1v) is 7.52. The van der Waals surface area contributed by atoms with E-state index in [-0.39, 0.29) is 4.75 Å². The van der Waals surface area contributed by atoms with E-state index >= 15 is 0 Å². The van der Waals surface area contributed by atoms with Gasteiger partial charge in [0, 0.05) is 24.3 Å². The van der Waals surface area contributed by atoms with Crippen molar-refractivity contribution in [2.24, 2.45) is 0 Å². The van der Waals surface area contributed by atoms with Gasteiger partial charge in [-0.2, -0.15) is 11.8 Å². The summed E-state index contributed by atoms with van der Waals surface area (Å²) in [5.74, 6) is 2.26. The lowest BCUT2D eigenvalue weighted by Gasteiger charge is -2.22. The summed E-state index contributed by atoms with van der Waals surface area (Å²) in [7, 11) is 0. The van der Waals surface area contributed by atoms with E-state index in [1.54, 1.807) is 0 Å². The number of aromatic nitrogens is 3. The van der Waals surface area contributed by atoms with Crippen molar-refractivity contribution in [3.05, 3.63) is 11.6 Å². The molecule has 0 aliphatic carbocycles. The third-order valence-corrected chi connectivity index (χ3v) is 4.57. The third-order valence-electron chi connectivity index (χ3n) is 3.32. The van der Waals surface area contributed by atoms with Gasteiger partial charge in [0.15, 0.2) is 0 Å². The van der Waals surface area contributed by atoms with Gasteiger partial charge < -0.3 is 9.88 Å². The van der Waals surface area contributed by atoms with Crippen LogP contribution in [0.2, 0.25) is 0 Å². The summed E-state index contributed by atoms with van der Waals surface area (Å²) < 4.78 is 2.56. The molecule has 0 saturated heterocycles. The molecule has 0 fully saturated rings. The Bertz CT molecular complexity index is 373. The highest BCUT2D eigenvalue weighted by atomic mass is 32.2. The molecule has 96 valence electrons. The molecule has 1 aliphatic heterocycles. The first-order valence-electron chi connectivity index (χ1n) is 6.29. The second kappa shape index (κ2) is 5.40. The highest BCUT2D eigenvalue weighted by Crippen LogP contribution is 2.20. The SMILES string of the molecule is CSC(C)(C)CNCc1nnc2n1CCCC2. The van der Waals surface area contributed by atoms with Gasteiger partial charge in [0.2, 0.25) is 0 Å². The zero-order valence-corrected chi connectivity index (χ0v) is 11.8. The van der Waals surface area contributed by atoms with Crippen molar-refractivity contribution < 1.29 is 0 Å². The Hall–Kier alpha value is -0.550. The van der Waals surface area contributed by atoms with Crippen LogP contribution >= 0.6 is 11.8 Å². The predicted octanol–water partition coefficient (Wildman–Crippen LogP) is 1.85. The molecule has 0 radical (unpaired) electrons. The Morgan fingerprint density at radius 2 is 2.18 bits per heavy atom. The van der Waals surface area contributed by atoms with Crippen LogP contribution in [0.5, 0.6) is 0 Å². The average molecular weight is 254 g/mol. The lowest BCUT2D eigenvalue weighted by molar-refractivity contribution is 0.491. The van der Waals surface area contributed by atoms with E-state index in [1.807, 2.05) is 11.8 Å². The first kappa shape index (κ1) is 12.9. The van der Waals surface area contributed by atoms with Crippen LogP contribution in [0.25, 0.3) is 0 Å². The Morgan fingerprint density at radius 3 is 2.94 bits per heavy atom. The van der Waals surface area contributed by atoms with E-state index in [0.717, 1.165) is 37.7 Å². The van der Waals surface area contributed by atoms with Gasteiger partial charge >= 0.3 is 0 Å². The van der Waals surface area contributed by atoms with Gasteiger partial charge in [-0.15, -0.1) is 10.2 Å². The van der Waals surface area contributed by atoms with Crippen LogP contribution in [0.4, 0.5) is 0 Å². The molecule has 1 N–H and O–H groups in total. The number of hydrogen-bond donors (Lipinski definition) is 1. The summed E-state index contributed by atoms with van der Waals surface area (Å²) in [6, 6.07) is 0. The fourth-order valence-corrected chi connectivity index (χ4v) is 2.29. The van der Waals surface area contributed by atoms with Crippen molar-refractivity contribution in [2.45, 2.75) is 50.9 Å². The van der Waals surface area contributed by atoms with Crippen molar-refractivity contribution in [1.82, 2.24) is 20.1 Å². The number of fused-ring (bicyclic) bond motifs is 1. The maximum Gasteiger partial charge on any atom is 0.147 e. The van der Waals surface area contributed by atoms with Crippen LogP contribution in [0.15, 0.2) is 0 Å². The molecule has 17 heavy (non-hydrogen) atoms. The smallest absolute Gasteiger partial charge is 0.147 e.